The summed E-state index contributed by atoms with van der Waals surface area (Å²) in [6.45, 7) is 1.28. The monoisotopic (exact) mass is 185 g/mol. The van der Waals surface area contributed by atoms with Gasteiger partial charge in [-0.2, -0.15) is 0 Å². The Bertz CT molecular complexity index is 163. The number of fused-ring (bicyclic) bond motifs is 1. The molecule has 0 amide bonds. The van der Waals surface area contributed by atoms with Crippen molar-refractivity contribution in [1.29, 1.82) is 0 Å². The van der Waals surface area contributed by atoms with Gasteiger partial charge in [0.2, 0.25) is 0 Å². The van der Waals surface area contributed by atoms with Crippen LogP contribution in [0.2, 0.25) is 0 Å². The van der Waals surface area contributed by atoms with Crippen LogP contribution in [0.1, 0.15) is 32.1 Å². The van der Waals surface area contributed by atoms with Crippen molar-refractivity contribution < 1.29 is 9.47 Å². The summed E-state index contributed by atoms with van der Waals surface area (Å²) in [5.74, 6) is 0. The zero-order valence-electron chi connectivity index (χ0n) is 8.08. The summed E-state index contributed by atoms with van der Waals surface area (Å²) in [4.78, 5) is 0. The molecule has 2 N–H and O–H groups in total. The molecule has 2 fully saturated rings. The Labute approximate surface area is 79.6 Å². The first kappa shape index (κ1) is 9.44. The molecule has 1 saturated carbocycles. The van der Waals surface area contributed by atoms with Gasteiger partial charge in [-0.25, -0.2) is 0 Å². The zero-order chi connectivity index (χ0) is 9.10. The van der Waals surface area contributed by atoms with E-state index in [1.807, 2.05) is 0 Å². The molecule has 3 atom stereocenters. The van der Waals surface area contributed by atoms with Crippen molar-refractivity contribution in [1.82, 2.24) is 0 Å². The van der Waals surface area contributed by atoms with Crippen molar-refractivity contribution >= 4 is 0 Å². The van der Waals surface area contributed by atoms with Gasteiger partial charge in [0.15, 0.2) is 0 Å². The van der Waals surface area contributed by atoms with E-state index in [9.17, 15) is 0 Å². The highest BCUT2D eigenvalue weighted by atomic mass is 16.6. The fraction of sp³-hybridized carbons (Fsp3) is 1.00. The van der Waals surface area contributed by atoms with Crippen LogP contribution in [0.25, 0.3) is 0 Å². The van der Waals surface area contributed by atoms with Crippen LogP contribution in [0, 0.1) is 0 Å². The van der Waals surface area contributed by atoms with E-state index in [4.69, 9.17) is 15.2 Å². The third-order valence-electron chi connectivity index (χ3n) is 3.02. The summed E-state index contributed by atoms with van der Waals surface area (Å²) in [5, 5.41) is 0. The van der Waals surface area contributed by atoms with Crippen LogP contribution in [0.3, 0.4) is 0 Å². The fourth-order valence-electron chi connectivity index (χ4n) is 2.23. The molecule has 2 rings (SSSR count). The van der Waals surface area contributed by atoms with Crippen molar-refractivity contribution in [2.24, 2.45) is 5.73 Å². The van der Waals surface area contributed by atoms with Gasteiger partial charge in [-0.15, -0.1) is 0 Å². The van der Waals surface area contributed by atoms with Gasteiger partial charge in [0.05, 0.1) is 24.9 Å². The summed E-state index contributed by atoms with van der Waals surface area (Å²) in [5.41, 5.74) is 5.56. The number of rotatable bonds is 1. The molecule has 1 aliphatic heterocycles. The lowest BCUT2D eigenvalue weighted by atomic mass is 10.1. The van der Waals surface area contributed by atoms with E-state index in [-0.39, 0.29) is 6.10 Å². The summed E-state index contributed by atoms with van der Waals surface area (Å²) in [6, 6.07) is 0. The second kappa shape index (κ2) is 4.40. The first-order chi connectivity index (χ1) is 6.40. The zero-order valence-corrected chi connectivity index (χ0v) is 8.08. The standard InChI is InChI=1S/C10H19NO2/c11-6-8-7-12-9-4-2-1-3-5-10(9)13-8/h8-10H,1-7,11H2. The van der Waals surface area contributed by atoms with Gasteiger partial charge in [-0.05, 0) is 12.8 Å². The van der Waals surface area contributed by atoms with E-state index < -0.39 is 0 Å². The van der Waals surface area contributed by atoms with Gasteiger partial charge in [0, 0.05) is 6.54 Å². The smallest absolute Gasteiger partial charge is 0.0935 e. The number of hydrogen-bond donors (Lipinski definition) is 1. The minimum absolute atomic E-state index is 0.138. The molecule has 0 radical (unpaired) electrons. The second-order valence-electron chi connectivity index (χ2n) is 4.04. The average Bonchev–Trinajstić information content (AvgIpc) is 2.41. The van der Waals surface area contributed by atoms with Crippen LogP contribution < -0.4 is 5.73 Å². The van der Waals surface area contributed by atoms with Crippen molar-refractivity contribution in [3.05, 3.63) is 0 Å². The molecule has 1 heterocycles. The van der Waals surface area contributed by atoms with E-state index in [0.717, 1.165) is 6.42 Å². The lowest BCUT2D eigenvalue weighted by molar-refractivity contribution is -0.177. The van der Waals surface area contributed by atoms with Gasteiger partial charge in [-0.1, -0.05) is 19.3 Å². The van der Waals surface area contributed by atoms with Gasteiger partial charge < -0.3 is 15.2 Å². The summed E-state index contributed by atoms with van der Waals surface area (Å²) >= 11 is 0. The maximum Gasteiger partial charge on any atom is 0.0935 e. The third kappa shape index (κ3) is 2.22. The molecule has 13 heavy (non-hydrogen) atoms. The van der Waals surface area contributed by atoms with E-state index in [1.165, 1.54) is 25.7 Å². The van der Waals surface area contributed by atoms with Crippen molar-refractivity contribution in [3.63, 3.8) is 0 Å². The predicted octanol–water partition coefficient (Wildman–Crippen LogP) is 1.06. The first-order valence-corrected chi connectivity index (χ1v) is 5.37. The lowest BCUT2D eigenvalue weighted by Gasteiger charge is -2.35. The third-order valence-corrected chi connectivity index (χ3v) is 3.02. The molecular weight excluding hydrogens is 166 g/mol. The summed E-state index contributed by atoms with van der Waals surface area (Å²) in [6.07, 6.45) is 7.03. The summed E-state index contributed by atoms with van der Waals surface area (Å²) < 4.78 is 11.6. The van der Waals surface area contributed by atoms with E-state index in [2.05, 4.69) is 0 Å². The highest BCUT2D eigenvalue weighted by molar-refractivity contribution is 4.80. The largest absolute Gasteiger partial charge is 0.373 e. The molecule has 3 unspecified atom stereocenters. The minimum Gasteiger partial charge on any atom is -0.373 e. The predicted molar refractivity (Wildman–Crippen MR) is 50.5 cm³/mol. The Morgan fingerprint density at radius 3 is 2.62 bits per heavy atom. The average molecular weight is 185 g/mol. The Morgan fingerprint density at radius 2 is 1.85 bits per heavy atom. The number of hydrogen-bond acceptors (Lipinski definition) is 3. The number of nitrogens with two attached hydrogens (primary N) is 1. The van der Waals surface area contributed by atoms with E-state index in [1.54, 1.807) is 0 Å². The SMILES string of the molecule is NCC1COC2CCCCCC2O1. The highest BCUT2D eigenvalue weighted by Crippen LogP contribution is 2.27. The topological polar surface area (TPSA) is 44.5 Å². The molecule has 1 saturated heterocycles. The first-order valence-electron chi connectivity index (χ1n) is 5.37. The van der Waals surface area contributed by atoms with E-state index in [0.29, 0.717) is 25.4 Å². The van der Waals surface area contributed by atoms with Crippen LogP contribution in [-0.2, 0) is 9.47 Å². The van der Waals surface area contributed by atoms with Gasteiger partial charge in [0.25, 0.3) is 0 Å². The van der Waals surface area contributed by atoms with Gasteiger partial charge >= 0.3 is 0 Å². The highest BCUT2D eigenvalue weighted by Gasteiger charge is 2.31. The maximum atomic E-state index is 5.87. The van der Waals surface area contributed by atoms with Crippen LogP contribution in [0.15, 0.2) is 0 Å². The van der Waals surface area contributed by atoms with Crippen LogP contribution in [-0.4, -0.2) is 31.5 Å². The van der Waals surface area contributed by atoms with Crippen LogP contribution in [0.5, 0.6) is 0 Å². The fourth-order valence-corrected chi connectivity index (χ4v) is 2.23. The van der Waals surface area contributed by atoms with Crippen molar-refractivity contribution in [2.75, 3.05) is 13.2 Å². The quantitative estimate of drug-likeness (QED) is 0.664. The molecule has 2 aliphatic rings. The molecule has 0 aromatic carbocycles. The molecule has 3 heteroatoms. The van der Waals surface area contributed by atoms with Crippen LogP contribution in [0.4, 0.5) is 0 Å². The Kier molecular flexibility index (Phi) is 3.19. The van der Waals surface area contributed by atoms with Crippen molar-refractivity contribution in [2.45, 2.75) is 50.4 Å². The molecule has 0 aromatic rings. The maximum absolute atomic E-state index is 5.87. The minimum atomic E-state index is 0.138. The Morgan fingerprint density at radius 1 is 1.08 bits per heavy atom. The van der Waals surface area contributed by atoms with E-state index >= 15 is 0 Å². The molecule has 0 aromatic heterocycles. The Balaban J connectivity index is 1.91. The molecule has 3 nitrogen and oxygen atoms in total. The van der Waals surface area contributed by atoms with Crippen molar-refractivity contribution in [3.8, 4) is 0 Å². The van der Waals surface area contributed by atoms with Gasteiger partial charge in [-0.3, -0.25) is 0 Å². The molecular formula is C10H19NO2. The van der Waals surface area contributed by atoms with Crippen LogP contribution >= 0.6 is 0 Å². The Hall–Kier alpha value is -0.120. The normalized spacial score (nSPS) is 40.8. The molecule has 0 spiro atoms. The summed E-state index contributed by atoms with van der Waals surface area (Å²) in [7, 11) is 0. The van der Waals surface area contributed by atoms with Gasteiger partial charge in [0.1, 0.15) is 0 Å². The lowest BCUT2D eigenvalue weighted by Crippen LogP contribution is -2.45. The molecule has 76 valence electrons. The molecule has 1 aliphatic carbocycles. The number of ether oxygens (including phenoxy) is 2. The molecule has 0 bridgehead atoms. The second-order valence-corrected chi connectivity index (χ2v) is 4.04.